The number of aromatic nitrogens is 1. The molecule has 0 N–H and O–H groups in total. The normalized spacial score (nSPS) is 17.5. The Hall–Kier alpha value is -0.700. The summed E-state index contributed by atoms with van der Waals surface area (Å²) in [6.45, 7) is 3.18. The van der Waals surface area contributed by atoms with E-state index in [1.165, 1.54) is 24.3 Å². The van der Waals surface area contributed by atoms with Crippen LogP contribution in [0.2, 0.25) is 0 Å². The van der Waals surface area contributed by atoms with Crippen molar-refractivity contribution >= 4 is 17.6 Å². The molecule has 1 aliphatic rings. The van der Waals surface area contributed by atoms with Gasteiger partial charge in [-0.1, -0.05) is 0 Å². The summed E-state index contributed by atoms with van der Waals surface area (Å²) in [6, 6.07) is 4.23. The van der Waals surface area contributed by atoms with Gasteiger partial charge in [0.15, 0.2) is 0 Å². The third-order valence-corrected chi connectivity index (χ3v) is 3.36. The van der Waals surface area contributed by atoms with Crippen LogP contribution in [-0.4, -0.2) is 17.3 Å². The fourth-order valence-electron chi connectivity index (χ4n) is 1.41. The average molecular weight is 194 g/mol. The second-order valence-corrected chi connectivity index (χ2v) is 4.41. The van der Waals surface area contributed by atoms with Gasteiger partial charge in [0.25, 0.3) is 0 Å². The van der Waals surface area contributed by atoms with E-state index in [4.69, 9.17) is 0 Å². The molecule has 0 bridgehead atoms. The molecule has 0 atom stereocenters. The van der Waals surface area contributed by atoms with Crippen LogP contribution < -0.4 is 4.31 Å². The predicted octanol–water partition coefficient (Wildman–Crippen LogP) is 2.64. The lowest BCUT2D eigenvalue weighted by Gasteiger charge is -2.26. The zero-order chi connectivity index (χ0) is 9.10. The molecule has 2 nitrogen and oxygen atoms in total. The molecular weight excluding hydrogens is 180 g/mol. The van der Waals surface area contributed by atoms with Gasteiger partial charge in [-0.25, -0.2) is 0 Å². The zero-order valence-electron chi connectivity index (χ0n) is 7.86. The third-order valence-electron chi connectivity index (χ3n) is 2.19. The molecule has 2 heterocycles. The Morgan fingerprint density at radius 1 is 1.38 bits per heavy atom. The minimum absolute atomic E-state index is 1.09. The Kier molecular flexibility index (Phi) is 2.74. The van der Waals surface area contributed by atoms with E-state index in [0.29, 0.717) is 0 Å². The Balaban J connectivity index is 2.10. The number of pyridine rings is 1. The highest BCUT2D eigenvalue weighted by Gasteiger charge is 2.11. The Morgan fingerprint density at radius 3 is 2.92 bits per heavy atom. The zero-order valence-corrected chi connectivity index (χ0v) is 8.68. The number of aryl methyl sites for hydroxylation is 1. The van der Waals surface area contributed by atoms with E-state index < -0.39 is 0 Å². The second kappa shape index (κ2) is 4.01. The van der Waals surface area contributed by atoms with Gasteiger partial charge in [0, 0.05) is 18.0 Å². The van der Waals surface area contributed by atoms with Crippen molar-refractivity contribution in [3.8, 4) is 0 Å². The SMILES string of the molecule is Cc1ccc(N2CCCCS2)cn1. The van der Waals surface area contributed by atoms with Gasteiger partial charge in [-0.3, -0.25) is 4.98 Å². The number of anilines is 1. The summed E-state index contributed by atoms with van der Waals surface area (Å²) in [5.41, 5.74) is 2.33. The van der Waals surface area contributed by atoms with Gasteiger partial charge in [0.05, 0.1) is 11.9 Å². The lowest BCUT2D eigenvalue weighted by molar-refractivity contribution is 0.790. The van der Waals surface area contributed by atoms with E-state index in [2.05, 4.69) is 21.4 Å². The lowest BCUT2D eigenvalue weighted by Crippen LogP contribution is -2.21. The summed E-state index contributed by atoms with van der Waals surface area (Å²) in [5, 5.41) is 0. The molecule has 0 saturated carbocycles. The second-order valence-electron chi connectivity index (χ2n) is 3.30. The highest BCUT2D eigenvalue weighted by Crippen LogP contribution is 2.26. The maximum atomic E-state index is 4.30. The number of rotatable bonds is 1. The van der Waals surface area contributed by atoms with Gasteiger partial charge in [0.1, 0.15) is 0 Å². The summed E-state index contributed by atoms with van der Waals surface area (Å²) in [5.74, 6) is 1.24. The fourth-order valence-corrected chi connectivity index (χ4v) is 2.48. The van der Waals surface area contributed by atoms with Crippen LogP contribution in [0.3, 0.4) is 0 Å². The first-order valence-corrected chi connectivity index (χ1v) is 5.63. The summed E-state index contributed by atoms with van der Waals surface area (Å²) < 4.78 is 2.34. The van der Waals surface area contributed by atoms with E-state index in [-0.39, 0.29) is 0 Å². The van der Waals surface area contributed by atoms with E-state index in [0.717, 1.165) is 12.2 Å². The van der Waals surface area contributed by atoms with Crippen molar-refractivity contribution in [2.45, 2.75) is 19.8 Å². The molecule has 0 spiro atoms. The molecule has 1 fully saturated rings. The predicted molar refractivity (Wildman–Crippen MR) is 58.0 cm³/mol. The molecule has 0 radical (unpaired) electrons. The van der Waals surface area contributed by atoms with Gasteiger partial charge in [-0.05, 0) is 43.8 Å². The third kappa shape index (κ3) is 2.15. The standard InChI is InChI=1S/C10H14N2S/c1-9-4-5-10(8-11-9)12-6-2-3-7-13-12/h4-5,8H,2-3,6-7H2,1H3. The van der Waals surface area contributed by atoms with Crippen LogP contribution in [-0.2, 0) is 0 Å². The largest absolute Gasteiger partial charge is 0.315 e. The molecule has 70 valence electrons. The van der Waals surface area contributed by atoms with Crippen LogP contribution in [0.25, 0.3) is 0 Å². The molecule has 1 saturated heterocycles. The summed E-state index contributed by atoms with van der Waals surface area (Å²) >= 11 is 1.92. The molecule has 13 heavy (non-hydrogen) atoms. The molecular formula is C10H14N2S. The van der Waals surface area contributed by atoms with E-state index in [1.807, 2.05) is 25.1 Å². The average Bonchev–Trinajstić information content (AvgIpc) is 2.20. The maximum absolute atomic E-state index is 4.30. The first-order chi connectivity index (χ1) is 6.36. The van der Waals surface area contributed by atoms with Crippen molar-refractivity contribution in [2.75, 3.05) is 16.6 Å². The van der Waals surface area contributed by atoms with Crippen molar-refractivity contribution in [2.24, 2.45) is 0 Å². The molecule has 1 aliphatic heterocycles. The highest BCUT2D eigenvalue weighted by molar-refractivity contribution is 8.00. The van der Waals surface area contributed by atoms with Crippen LogP contribution in [0.5, 0.6) is 0 Å². The van der Waals surface area contributed by atoms with Crippen molar-refractivity contribution < 1.29 is 0 Å². The van der Waals surface area contributed by atoms with Crippen molar-refractivity contribution in [3.05, 3.63) is 24.0 Å². The number of hydrogen-bond acceptors (Lipinski definition) is 3. The summed E-state index contributed by atoms with van der Waals surface area (Å²) in [7, 11) is 0. The first kappa shape index (κ1) is 8.88. The van der Waals surface area contributed by atoms with Gasteiger partial charge in [-0.2, -0.15) is 0 Å². The van der Waals surface area contributed by atoms with Gasteiger partial charge in [0.2, 0.25) is 0 Å². The van der Waals surface area contributed by atoms with Crippen molar-refractivity contribution in [3.63, 3.8) is 0 Å². The van der Waals surface area contributed by atoms with Gasteiger partial charge < -0.3 is 4.31 Å². The highest BCUT2D eigenvalue weighted by atomic mass is 32.2. The van der Waals surface area contributed by atoms with Crippen molar-refractivity contribution in [1.29, 1.82) is 0 Å². The van der Waals surface area contributed by atoms with Crippen LogP contribution in [0, 0.1) is 6.92 Å². The number of nitrogens with zero attached hydrogens (tertiary/aromatic N) is 2. The minimum Gasteiger partial charge on any atom is -0.315 e. The molecule has 0 unspecified atom stereocenters. The fraction of sp³-hybridized carbons (Fsp3) is 0.500. The Bertz CT molecular complexity index is 265. The van der Waals surface area contributed by atoms with Gasteiger partial charge in [-0.15, -0.1) is 0 Å². The molecule has 3 heteroatoms. The molecule has 2 rings (SSSR count). The van der Waals surface area contributed by atoms with Crippen LogP contribution in [0.1, 0.15) is 18.5 Å². The van der Waals surface area contributed by atoms with Crippen LogP contribution in [0.15, 0.2) is 18.3 Å². The smallest absolute Gasteiger partial charge is 0.0653 e. The van der Waals surface area contributed by atoms with Crippen LogP contribution >= 0.6 is 11.9 Å². The summed E-state index contributed by atoms with van der Waals surface area (Å²) in [6.07, 6.45) is 4.62. The van der Waals surface area contributed by atoms with Crippen molar-refractivity contribution in [1.82, 2.24) is 4.98 Å². The van der Waals surface area contributed by atoms with E-state index in [1.54, 1.807) is 0 Å². The molecule has 1 aromatic rings. The minimum atomic E-state index is 1.09. The van der Waals surface area contributed by atoms with Crippen LogP contribution in [0.4, 0.5) is 5.69 Å². The summed E-state index contributed by atoms with van der Waals surface area (Å²) in [4.78, 5) is 4.30. The monoisotopic (exact) mass is 194 g/mol. The Labute approximate surface area is 83.5 Å². The van der Waals surface area contributed by atoms with E-state index >= 15 is 0 Å². The van der Waals surface area contributed by atoms with E-state index in [9.17, 15) is 0 Å². The molecule has 0 aliphatic carbocycles. The first-order valence-electron chi connectivity index (χ1n) is 4.69. The lowest BCUT2D eigenvalue weighted by atomic mass is 10.3. The molecule has 0 aromatic carbocycles. The molecule has 1 aromatic heterocycles. The quantitative estimate of drug-likeness (QED) is 0.639. The maximum Gasteiger partial charge on any atom is 0.0653 e. The van der Waals surface area contributed by atoms with Gasteiger partial charge >= 0.3 is 0 Å². The topological polar surface area (TPSA) is 16.1 Å². The number of hydrogen-bond donors (Lipinski definition) is 0. The molecule has 0 amide bonds. The Morgan fingerprint density at radius 2 is 2.31 bits per heavy atom.